The lowest BCUT2D eigenvalue weighted by molar-refractivity contribution is 0.489. The molecule has 0 radical (unpaired) electrons. The van der Waals surface area contributed by atoms with E-state index in [1.54, 1.807) is 0 Å². The number of aromatic nitrogens is 3. The van der Waals surface area contributed by atoms with Crippen molar-refractivity contribution in [1.29, 1.82) is 0 Å². The van der Waals surface area contributed by atoms with Crippen molar-refractivity contribution in [3.63, 3.8) is 0 Å². The molecule has 0 aliphatic heterocycles. The van der Waals surface area contributed by atoms with Crippen LogP contribution in [0.25, 0.3) is 5.65 Å². The molecule has 2 aromatic rings. The number of hydrogen-bond donors (Lipinski definition) is 2. The molecule has 1 unspecified atom stereocenters. The minimum atomic E-state index is 0. The molecule has 0 spiro atoms. The molecular formula is C18H31IN6. The van der Waals surface area contributed by atoms with E-state index in [0.717, 1.165) is 42.7 Å². The molecule has 0 saturated heterocycles. The predicted molar refractivity (Wildman–Crippen MR) is 115 cm³/mol. The van der Waals surface area contributed by atoms with E-state index in [1.807, 2.05) is 28.8 Å². The van der Waals surface area contributed by atoms with Crippen LogP contribution in [0.2, 0.25) is 0 Å². The zero-order chi connectivity index (χ0) is 17.4. The van der Waals surface area contributed by atoms with Crippen molar-refractivity contribution in [3.8, 4) is 0 Å². The number of rotatable bonds is 8. The van der Waals surface area contributed by atoms with Gasteiger partial charge in [0, 0.05) is 31.7 Å². The minimum Gasteiger partial charge on any atom is -0.357 e. The SMILES string of the molecule is CCNC(=NCCc1nnc2ccccn12)NC(C)CCC(C)C.I. The zero-order valence-electron chi connectivity index (χ0n) is 15.7. The van der Waals surface area contributed by atoms with E-state index in [4.69, 9.17) is 0 Å². The highest BCUT2D eigenvalue weighted by Gasteiger charge is 2.07. The van der Waals surface area contributed by atoms with Crippen molar-refractivity contribution in [2.75, 3.05) is 13.1 Å². The maximum Gasteiger partial charge on any atom is 0.191 e. The number of fused-ring (bicyclic) bond motifs is 1. The van der Waals surface area contributed by atoms with Crippen molar-refractivity contribution >= 4 is 35.6 Å². The van der Waals surface area contributed by atoms with Gasteiger partial charge in [0.05, 0.1) is 0 Å². The van der Waals surface area contributed by atoms with Gasteiger partial charge in [-0.15, -0.1) is 34.2 Å². The quantitative estimate of drug-likeness (QED) is 0.362. The molecule has 0 bridgehead atoms. The minimum absolute atomic E-state index is 0. The van der Waals surface area contributed by atoms with Crippen LogP contribution in [0.3, 0.4) is 0 Å². The summed E-state index contributed by atoms with van der Waals surface area (Å²) >= 11 is 0. The van der Waals surface area contributed by atoms with Crippen LogP contribution in [0.1, 0.15) is 46.4 Å². The van der Waals surface area contributed by atoms with Gasteiger partial charge in [-0.2, -0.15) is 0 Å². The Labute approximate surface area is 167 Å². The highest BCUT2D eigenvalue weighted by molar-refractivity contribution is 14.0. The number of pyridine rings is 1. The molecule has 0 aliphatic rings. The smallest absolute Gasteiger partial charge is 0.191 e. The molecule has 1 atom stereocenters. The molecule has 2 N–H and O–H groups in total. The molecule has 6 nitrogen and oxygen atoms in total. The Morgan fingerprint density at radius 2 is 2.00 bits per heavy atom. The second-order valence-corrected chi connectivity index (χ2v) is 6.57. The van der Waals surface area contributed by atoms with E-state index < -0.39 is 0 Å². The fraction of sp³-hybridized carbons (Fsp3) is 0.611. The second kappa shape index (κ2) is 11.3. The summed E-state index contributed by atoms with van der Waals surface area (Å²) in [5.74, 6) is 2.55. The van der Waals surface area contributed by atoms with E-state index in [2.05, 4.69) is 53.5 Å². The maximum atomic E-state index is 4.68. The molecule has 0 amide bonds. The first-order valence-corrected chi connectivity index (χ1v) is 8.93. The Hall–Kier alpha value is -1.38. The zero-order valence-corrected chi connectivity index (χ0v) is 18.0. The van der Waals surface area contributed by atoms with Crippen LogP contribution in [-0.4, -0.2) is 39.7 Å². The van der Waals surface area contributed by atoms with Gasteiger partial charge in [-0.05, 0) is 44.7 Å². The highest BCUT2D eigenvalue weighted by Crippen LogP contribution is 2.06. The van der Waals surface area contributed by atoms with Crippen molar-refractivity contribution in [3.05, 3.63) is 30.2 Å². The average molecular weight is 458 g/mol. The molecule has 0 aromatic carbocycles. The van der Waals surface area contributed by atoms with E-state index in [9.17, 15) is 0 Å². The molecule has 140 valence electrons. The molecular weight excluding hydrogens is 427 g/mol. The molecule has 2 aromatic heterocycles. The van der Waals surface area contributed by atoms with E-state index in [-0.39, 0.29) is 24.0 Å². The first-order valence-electron chi connectivity index (χ1n) is 8.93. The largest absolute Gasteiger partial charge is 0.357 e. The van der Waals surface area contributed by atoms with Crippen LogP contribution in [-0.2, 0) is 6.42 Å². The van der Waals surface area contributed by atoms with Gasteiger partial charge in [0.15, 0.2) is 11.6 Å². The summed E-state index contributed by atoms with van der Waals surface area (Å²) in [5, 5.41) is 15.2. The van der Waals surface area contributed by atoms with Gasteiger partial charge in [-0.3, -0.25) is 9.39 Å². The van der Waals surface area contributed by atoms with Crippen molar-refractivity contribution in [2.45, 2.75) is 53.0 Å². The summed E-state index contributed by atoms with van der Waals surface area (Å²) in [6, 6.07) is 6.34. The third-order valence-electron chi connectivity index (χ3n) is 3.89. The van der Waals surface area contributed by atoms with Crippen molar-refractivity contribution in [2.24, 2.45) is 10.9 Å². The van der Waals surface area contributed by atoms with Crippen LogP contribution >= 0.6 is 24.0 Å². The summed E-state index contributed by atoms with van der Waals surface area (Å²) in [6.45, 7) is 10.4. The third-order valence-corrected chi connectivity index (χ3v) is 3.89. The summed E-state index contributed by atoms with van der Waals surface area (Å²) in [6.07, 6.45) is 5.13. The van der Waals surface area contributed by atoms with Crippen LogP contribution in [0.4, 0.5) is 0 Å². The number of hydrogen-bond acceptors (Lipinski definition) is 3. The number of nitrogens with zero attached hydrogens (tertiary/aromatic N) is 4. The van der Waals surface area contributed by atoms with Gasteiger partial charge in [0.1, 0.15) is 5.82 Å². The van der Waals surface area contributed by atoms with Gasteiger partial charge in [0.2, 0.25) is 0 Å². The monoisotopic (exact) mass is 458 g/mol. The lowest BCUT2D eigenvalue weighted by Gasteiger charge is -2.18. The van der Waals surface area contributed by atoms with Crippen LogP contribution in [0.5, 0.6) is 0 Å². The average Bonchev–Trinajstić information content (AvgIpc) is 2.96. The van der Waals surface area contributed by atoms with Crippen molar-refractivity contribution in [1.82, 2.24) is 25.2 Å². The lowest BCUT2D eigenvalue weighted by atomic mass is 10.0. The van der Waals surface area contributed by atoms with Gasteiger partial charge in [-0.25, -0.2) is 0 Å². The second-order valence-electron chi connectivity index (χ2n) is 6.57. The van der Waals surface area contributed by atoms with Gasteiger partial charge in [-0.1, -0.05) is 19.9 Å². The Kier molecular flexibility index (Phi) is 9.77. The summed E-state index contributed by atoms with van der Waals surface area (Å²) < 4.78 is 2.02. The number of nitrogens with one attached hydrogen (secondary N) is 2. The first kappa shape index (κ1) is 21.7. The lowest BCUT2D eigenvalue weighted by Crippen LogP contribution is -2.42. The summed E-state index contributed by atoms with van der Waals surface area (Å²) in [5.41, 5.74) is 0.879. The van der Waals surface area contributed by atoms with E-state index >= 15 is 0 Å². The van der Waals surface area contributed by atoms with Gasteiger partial charge < -0.3 is 10.6 Å². The molecule has 0 saturated carbocycles. The van der Waals surface area contributed by atoms with Crippen LogP contribution in [0.15, 0.2) is 29.4 Å². The first-order chi connectivity index (χ1) is 11.6. The topological polar surface area (TPSA) is 66.6 Å². The molecule has 2 rings (SSSR count). The number of aliphatic imine (C=N–C) groups is 1. The van der Waals surface area contributed by atoms with Gasteiger partial charge >= 0.3 is 0 Å². The predicted octanol–water partition coefficient (Wildman–Crippen LogP) is 3.27. The highest BCUT2D eigenvalue weighted by atomic mass is 127. The van der Waals surface area contributed by atoms with Crippen LogP contribution in [0, 0.1) is 5.92 Å². The van der Waals surface area contributed by atoms with Crippen LogP contribution < -0.4 is 10.6 Å². The summed E-state index contributed by atoms with van der Waals surface area (Å²) in [4.78, 5) is 4.68. The molecule has 0 fully saturated rings. The molecule has 7 heteroatoms. The standard InChI is InChI=1S/C18H30N6.HI/c1-5-19-18(21-15(4)10-9-14(2)3)20-12-11-17-23-22-16-8-6-7-13-24(16)17;/h6-8,13-15H,5,9-12H2,1-4H3,(H2,19,20,21);1H. The number of guanidine groups is 1. The Morgan fingerprint density at radius 3 is 2.72 bits per heavy atom. The molecule has 2 heterocycles. The fourth-order valence-corrected chi connectivity index (χ4v) is 2.54. The van der Waals surface area contributed by atoms with Crippen molar-refractivity contribution < 1.29 is 0 Å². The van der Waals surface area contributed by atoms with E-state index in [0.29, 0.717) is 12.6 Å². The van der Waals surface area contributed by atoms with Gasteiger partial charge in [0.25, 0.3) is 0 Å². The Bertz CT molecular complexity index is 652. The Morgan fingerprint density at radius 1 is 1.20 bits per heavy atom. The normalized spacial score (nSPS) is 12.9. The third kappa shape index (κ3) is 7.17. The number of halogens is 1. The van der Waals surface area contributed by atoms with E-state index in [1.165, 1.54) is 6.42 Å². The Balaban J connectivity index is 0.00000312. The molecule has 0 aliphatic carbocycles. The summed E-state index contributed by atoms with van der Waals surface area (Å²) in [7, 11) is 0. The fourth-order valence-electron chi connectivity index (χ4n) is 2.54. The maximum absolute atomic E-state index is 4.68. The molecule has 25 heavy (non-hydrogen) atoms.